The Balaban J connectivity index is 1.45. The predicted octanol–water partition coefficient (Wildman–Crippen LogP) is 3.35. The van der Waals surface area contributed by atoms with E-state index in [-0.39, 0.29) is 52.3 Å². The van der Waals surface area contributed by atoms with Gasteiger partial charge in [0.1, 0.15) is 28.2 Å². The van der Waals surface area contributed by atoms with Crippen LogP contribution in [-0.4, -0.2) is 48.2 Å². The van der Waals surface area contributed by atoms with Crippen LogP contribution in [-0.2, 0) is 14.3 Å². The summed E-state index contributed by atoms with van der Waals surface area (Å²) in [7, 11) is 0. The minimum absolute atomic E-state index is 0.0504. The lowest BCUT2D eigenvalue weighted by Crippen LogP contribution is -2.42. The van der Waals surface area contributed by atoms with Crippen LogP contribution >= 0.6 is 0 Å². The molecule has 1 aromatic heterocycles. The van der Waals surface area contributed by atoms with Crippen LogP contribution in [0.5, 0.6) is 11.5 Å². The number of rotatable bonds is 6. The molecule has 0 spiro atoms. The summed E-state index contributed by atoms with van der Waals surface area (Å²) in [5, 5.41) is 10.4. The summed E-state index contributed by atoms with van der Waals surface area (Å²) >= 11 is 0. The molecule has 0 saturated carbocycles. The molecule has 0 radical (unpaired) electrons. The molecule has 8 nitrogen and oxygen atoms in total. The lowest BCUT2D eigenvalue weighted by atomic mass is 9.97. The third-order valence-electron chi connectivity index (χ3n) is 5.67. The fourth-order valence-electron chi connectivity index (χ4n) is 3.93. The lowest BCUT2D eigenvalue weighted by Gasteiger charge is -2.30. The number of piperidine rings is 1. The third kappa shape index (κ3) is 5.00. The number of phenols is 1. The van der Waals surface area contributed by atoms with E-state index in [4.69, 9.17) is 13.9 Å². The largest absolute Gasteiger partial charge is 0.507 e. The zero-order valence-electron chi connectivity index (χ0n) is 18.3. The SMILES string of the molecule is CCOC(=O)C1CCN(C(=O)COc2cc(O)c3c(=O)cc(-c4ccccc4)oc3c2)CC1. The molecule has 0 aliphatic carbocycles. The van der Waals surface area contributed by atoms with Gasteiger partial charge in [0, 0.05) is 36.9 Å². The highest BCUT2D eigenvalue weighted by molar-refractivity contribution is 5.86. The quantitative estimate of drug-likeness (QED) is 0.573. The monoisotopic (exact) mass is 451 g/mol. The number of carbonyl (C=O) groups is 2. The molecule has 1 amide bonds. The Morgan fingerprint density at radius 3 is 2.55 bits per heavy atom. The molecule has 0 bridgehead atoms. The highest BCUT2D eigenvalue weighted by Crippen LogP contribution is 2.31. The Labute approximate surface area is 190 Å². The summed E-state index contributed by atoms with van der Waals surface area (Å²) in [5.74, 6) is -0.332. The first-order valence-corrected chi connectivity index (χ1v) is 10.9. The van der Waals surface area contributed by atoms with Gasteiger partial charge in [0.2, 0.25) is 0 Å². The first kappa shape index (κ1) is 22.4. The van der Waals surface area contributed by atoms with E-state index < -0.39 is 0 Å². The number of ether oxygens (including phenoxy) is 2. The van der Waals surface area contributed by atoms with Crippen LogP contribution in [0, 0.1) is 5.92 Å². The lowest BCUT2D eigenvalue weighted by molar-refractivity contribution is -0.151. The second-order valence-corrected chi connectivity index (χ2v) is 7.85. The van der Waals surface area contributed by atoms with Gasteiger partial charge in [-0.05, 0) is 19.8 Å². The van der Waals surface area contributed by atoms with Crippen molar-refractivity contribution in [3.05, 3.63) is 58.8 Å². The third-order valence-corrected chi connectivity index (χ3v) is 5.67. The number of hydrogen-bond acceptors (Lipinski definition) is 7. The van der Waals surface area contributed by atoms with Gasteiger partial charge in [-0.1, -0.05) is 30.3 Å². The van der Waals surface area contributed by atoms with E-state index in [0.29, 0.717) is 38.3 Å². The number of nitrogens with zero attached hydrogens (tertiary/aromatic N) is 1. The second-order valence-electron chi connectivity index (χ2n) is 7.85. The number of aromatic hydroxyl groups is 1. The van der Waals surface area contributed by atoms with Crippen molar-refractivity contribution in [3.8, 4) is 22.8 Å². The maximum absolute atomic E-state index is 12.6. The number of fused-ring (bicyclic) bond motifs is 1. The Bertz CT molecular complexity index is 1210. The van der Waals surface area contributed by atoms with Crippen molar-refractivity contribution in [1.82, 2.24) is 4.90 Å². The van der Waals surface area contributed by atoms with Crippen molar-refractivity contribution < 1.29 is 28.6 Å². The van der Waals surface area contributed by atoms with E-state index in [0.717, 1.165) is 5.56 Å². The highest BCUT2D eigenvalue weighted by Gasteiger charge is 2.28. The van der Waals surface area contributed by atoms with Crippen LogP contribution in [0.2, 0.25) is 0 Å². The molecule has 0 atom stereocenters. The molecule has 2 aromatic carbocycles. The summed E-state index contributed by atoms with van der Waals surface area (Å²) in [4.78, 5) is 38.6. The summed E-state index contributed by atoms with van der Waals surface area (Å²) in [5.41, 5.74) is 0.516. The Hall–Kier alpha value is -3.81. The number of carbonyl (C=O) groups excluding carboxylic acids is 2. The smallest absolute Gasteiger partial charge is 0.309 e. The first-order valence-electron chi connectivity index (χ1n) is 10.9. The van der Waals surface area contributed by atoms with Crippen LogP contribution in [0.15, 0.2) is 57.7 Å². The predicted molar refractivity (Wildman–Crippen MR) is 121 cm³/mol. The zero-order valence-corrected chi connectivity index (χ0v) is 18.3. The summed E-state index contributed by atoms with van der Waals surface area (Å²) in [6.45, 7) is 2.77. The molecule has 172 valence electrons. The number of esters is 1. The molecular formula is C25H25NO7. The molecule has 33 heavy (non-hydrogen) atoms. The van der Waals surface area contributed by atoms with Crippen LogP contribution in [0.4, 0.5) is 0 Å². The maximum Gasteiger partial charge on any atom is 0.309 e. The first-order chi connectivity index (χ1) is 16.0. The summed E-state index contributed by atoms with van der Waals surface area (Å²) in [6.07, 6.45) is 1.10. The molecule has 3 aromatic rings. The molecule has 1 saturated heterocycles. The van der Waals surface area contributed by atoms with Gasteiger partial charge in [-0.25, -0.2) is 0 Å². The fourth-order valence-corrected chi connectivity index (χ4v) is 3.93. The van der Waals surface area contributed by atoms with Gasteiger partial charge in [-0.15, -0.1) is 0 Å². The average molecular weight is 451 g/mol. The summed E-state index contributed by atoms with van der Waals surface area (Å²) in [6, 6.07) is 13.3. The maximum atomic E-state index is 12.6. The van der Waals surface area contributed by atoms with Gasteiger partial charge in [0.05, 0.1) is 12.5 Å². The van der Waals surface area contributed by atoms with Crippen molar-refractivity contribution >= 4 is 22.8 Å². The highest BCUT2D eigenvalue weighted by atomic mass is 16.5. The summed E-state index contributed by atoms with van der Waals surface area (Å²) < 4.78 is 16.5. The van der Waals surface area contributed by atoms with Crippen molar-refractivity contribution in [2.24, 2.45) is 5.92 Å². The molecule has 0 unspecified atom stereocenters. The molecule has 1 aliphatic heterocycles. The number of hydrogen-bond donors (Lipinski definition) is 1. The van der Waals surface area contributed by atoms with Crippen molar-refractivity contribution in [1.29, 1.82) is 0 Å². The minimum atomic E-state index is -0.375. The Morgan fingerprint density at radius 1 is 1.12 bits per heavy atom. The van der Waals surface area contributed by atoms with E-state index in [9.17, 15) is 19.5 Å². The van der Waals surface area contributed by atoms with Crippen molar-refractivity contribution in [2.75, 3.05) is 26.3 Å². The normalized spacial score (nSPS) is 14.3. The van der Waals surface area contributed by atoms with E-state index in [1.54, 1.807) is 11.8 Å². The van der Waals surface area contributed by atoms with Crippen molar-refractivity contribution in [3.63, 3.8) is 0 Å². The van der Waals surface area contributed by atoms with Crippen LogP contribution in [0.1, 0.15) is 19.8 Å². The standard InChI is InChI=1S/C25H25NO7/c1-2-31-25(30)17-8-10-26(11-9-17)23(29)15-32-18-12-19(27)24-20(28)14-21(33-22(24)13-18)16-6-4-3-5-7-16/h3-7,12-14,17,27H,2,8-11,15H2,1H3. The molecule has 1 aliphatic rings. The van der Waals surface area contributed by atoms with Gasteiger partial charge in [0.25, 0.3) is 5.91 Å². The topological polar surface area (TPSA) is 106 Å². The molecule has 4 rings (SSSR count). The van der Waals surface area contributed by atoms with Gasteiger partial charge in [-0.3, -0.25) is 14.4 Å². The van der Waals surface area contributed by atoms with Crippen LogP contribution in [0.3, 0.4) is 0 Å². The Morgan fingerprint density at radius 2 is 1.85 bits per heavy atom. The molecule has 1 fully saturated rings. The second kappa shape index (κ2) is 9.77. The van der Waals surface area contributed by atoms with E-state index >= 15 is 0 Å². The van der Waals surface area contributed by atoms with Gasteiger partial charge in [-0.2, -0.15) is 0 Å². The molecule has 2 heterocycles. The Kier molecular flexibility index (Phi) is 6.63. The number of benzene rings is 2. The van der Waals surface area contributed by atoms with E-state index in [2.05, 4.69) is 0 Å². The van der Waals surface area contributed by atoms with Crippen molar-refractivity contribution in [2.45, 2.75) is 19.8 Å². The van der Waals surface area contributed by atoms with Gasteiger partial charge >= 0.3 is 5.97 Å². The number of likely N-dealkylation sites (tertiary alicyclic amines) is 1. The van der Waals surface area contributed by atoms with Crippen LogP contribution in [0.25, 0.3) is 22.3 Å². The van der Waals surface area contributed by atoms with E-state index in [1.165, 1.54) is 18.2 Å². The molecule has 1 N–H and O–H groups in total. The van der Waals surface area contributed by atoms with Gasteiger partial charge < -0.3 is 23.9 Å². The van der Waals surface area contributed by atoms with Gasteiger partial charge in [0.15, 0.2) is 12.0 Å². The molecular weight excluding hydrogens is 426 g/mol. The fraction of sp³-hybridized carbons (Fsp3) is 0.320. The van der Waals surface area contributed by atoms with E-state index in [1.807, 2.05) is 30.3 Å². The number of phenolic OH excluding ortho intramolecular Hbond substituents is 1. The zero-order chi connectivity index (χ0) is 23.4. The average Bonchev–Trinajstić information content (AvgIpc) is 2.83. The molecule has 8 heteroatoms. The number of amides is 1. The minimum Gasteiger partial charge on any atom is -0.507 e. The van der Waals surface area contributed by atoms with Crippen LogP contribution < -0.4 is 10.2 Å².